The van der Waals surface area contributed by atoms with Crippen LogP contribution in [0.25, 0.3) is 5.57 Å². The third kappa shape index (κ3) is 2.78. The smallest absolute Gasteiger partial charge is 0.261 e. The summed E-state index contributed by atoms with van der Waals surface area (Å²) < 4.78 is 5.68. The van der Waals surface area contributed by atoms with Crippen LogP contribution in [0.2, 0.25) is 0 Å². The van der Waals surface area contributed by atoms with Crippen molar-refractivity contribution in [2.75, 3.05) is 6.73 Å². The minimum atomic E-state index is -0.897. The van der Waals surface area contributed by atoms with Crippen LogP contribution in [0.3, 0.4) is 0 Å². The number of hydrogen-bond acceptors (Lipinski definition) is 3. The van der Waals surface area contributed by atoms with Gasteiger partial charge in [0.2, 0.25) is 0 Å². The molecule has 1 aromatic rings. The van der Waals surface area contributed by atoms with Crippen molar-refractivity contribution in [1.82, 2.24) is 4.90 Å². The van der Waals surface area contributed by atoms with E-state index in [-0.39, 0.29) is 24.3 Å². The lowest BCUT2D eigenvalue weighted by molar-refractivity contribution is -0.150. The molecular formula is C18H23NO3. The topological polar surface area (TPSA) is 46.6 Å². The summed E-state index contributed by atoms with van der Waals surface area (Å²) in [6.45, 7) is 9.14. The molecule has 0 saturated carbocycles. The Labute approximate surface area is 131 Å². The van der Waals surface area contributed by atoms with Gasteiger partial charge in [-0.1, -0.05) is 44.2 Å². The van der Waals surface area contributed by atoms with Crippen LogP contribution in [-0.4, -0.2) is 28.9 Å². The van der Waals surface area contributed by atoms with Crippen LogP contribution >= 0.6 is 0 Å². The molecule has 0 unspecified atom stereocenters. The molecule has 2 rings (SSSR count). The molecule has 0 radical (unpaired) electrons. The van der Waals surface area contributed by atoms with E-state index in [2.05, 4.69) is 0 Å². The molecule has 1 amide bonds. The molecule has 0 saturated heterocycles. The summed E-state index contributed by atoms with van der Waals surface area (Å²) in [5, 5.41) is 0. The highest BCUT2D eigenvalue weighted by atomic mass is 16.5. The average molecular weight is 301 g/mol. The largest absolute Gasteiger partial charge is 0.477 e. The van der Waals surface area contributed by atoms with Crippen molar-refractivity contribution in [2.45, 2.75) is 40.2 Å². The first kappa shape index (κ1) is 16.3. The summed E-state index contributed by atoms with van der Waals surface area (Å²) in [6.07, 6.45) is 0. The van der Waals surface area contributed by atoms with Gasteiger partial charge in [0.1, 0.15) is 5.76 Å². The summed E-state index contributed by atoms with van der Waals surface area (Å²) in [5.74, 6) is 0.320. The van der Waals surface area contributed by atoms with Gasteiger partial charge in [0, 0.05) is 5.92 Å². The standard InChI is InChI=1S/C18H23NO3/c1-12(2)16(20)18(4,5)19-11-22-13(3)15(17(19)21)14-9-7-6-8-10-14/h6-10,12H,11H2,1-5H3. The van der Waals surface area contributed by atoms with Gasteiger partial charge in [0.05, 0.1) is 11.1 Å². The number of Topliss-reactive ketones (excluding diaryl/α,β-unsaturated/α-hetero) is 1. The van der Waals surface area contributed by atoms with E-state index in [1.54, 1.807) is 20.8 Å². The molecule has 0 bridgehead atoms. The SMILES string of the molecule is CC1=C(c2ccccc2)C(=O)N(C(C)(C)C(=O)C(C)C)CO1. The van der Waals surface area contributed by atoms with Gasteiger partial charge in [-0.15, -0.1) is 0 Å². The minimum absolute atomic E-state index is 0.0245. The zero-order valence-electron chi connectivity index (χ0n) is 13.8. The molecule has 0 spiro atoms. The average Bonchev–Trinajstić information content (AvgIpc) is 2.47. The molecule has 0 atom stereocenters. The number of ether oxygens (including phenoxy) is 1. The molecule has 22 heavy (non-hydrogen) atoms. The summed E-state index contributed by atoms with van der Waals surface area (Å²) in [5.41, 5.74) is 0.436. The first-order valence-electron chi connectivity index (χ1n) is 7.52. The van der Waals surface area contributed by atoms with Gasteiger partial charge >= 0.3 is 0 Å². The van der Waals surface area contributed by atoms with E-state index in [1.807, 2.05) is 44.2 Å². The molecule has 0 aromatic heterocycles. The van der Waals surface area contributed by atoms with E-state index in [0.717, 1.165) is 5.56 Å². The molecule has 4 heteroatoms. The Bertz CT molecular complexity index is 614. The highest BCUT2D eigenvalue weighted by Crippen LogP contribution is 2.31. The Morgan fingerprint density at radius 2 is 1.82 bits per heavy atom. The zero-order chi connectivity index (χ0) is 16.5. The van der Waals surface area contributed by atoms with Crippen molar-refractivity contribution in [3.05, 3.63) is 41.7 Å². The van der Waals surface area contributed by atoms with Gasteiger partial charge in [-0.25, -0.2) is 0 Å². The van der Waals surface area contributed by atoms with Crippen LogP contribution in [0.5, 0.6) is 0 Å². The molecule has 1 heterocycles. The molecule has 0 fully saturated rings. The first-order valence-corrected chi connectivity index (χ1v) is 7.52. The van der Waals surface area contributed by atoms with E-state index in [0.29, 0.717) is 11.3 Å². The number of nitrogens with zero attached hydrogens (tertiary/aromatic N) is 1. The van der Waals surface area contributed by atoms with Gasteiger partial charge in [-0.05, 0) is 26.3 Å². The van der Waals surface area contributed by atoms with Gasteiger partial charge in [0.15, 0.2) is 12.5 Å². The van der Waals surface area contributed by atoms with Gasteiger partial charge in [0.25, 0.3) is 5.91 Å². The van der Waals surface area contributed by atoms with E-state index >= 15 is 0 Å². The van der Waals surface area contributed by atoms with Crippen LogP contribution < -0.4 is 0 Å². The first-order chi connectivity index (χ1) is 10.3. The number of carbonyl (C=O) groups is 2. The fraction of sp³-hybridized carbons (Fsp3) is 0.444. The molecule has 0 N–H and O–H groups in total. The fourth-order valence-corrected chi connectivity index (χ4v) is 2.76. The lowest BCUT2D eigenvalue weighted by atomic mass is 9.88. The Morgan fingerprint density at radius 3 is 2.36 bits per heavy atom. The highest BCUT2D eigenvalue weighted by molar-refractivity contribution is 6.21. The molecule has 0 aliphatic carbocycles. The second-order valence-corrected chi connectivity index (χ2v) is 6.38. The fourth-order valence-electron chi connectivity index (χ4n) is 2.76. The van der Waals surface area contributed by atoms with E-state index in [4.69, 9.17) is 4.74 Å². The number of allylic oxidation sites excluding steroid dienone is 1. The monoisotopic (exact) mass is 301 g/mol. The molecular weight excluding hydrogens is 278 g/mol. The van der Waals surface area contributed by atoms with Crippen LogP contribution in [0.4, 0.5) is 0 Å². The molecule has 1 aliphatic heterocycles. The Balaban J connectivity index is 2.41. The summed E-state index contributed by atoms with van der Waals surface area (Å²) in [6, 6.07) is 9.41. The number of rotatable bonds is 4. The Morgan fingerprint density at radius 1 is 1.23 bits per heavy atom. The van der Waals surface area contributed by atoms with Crippen molar-refractivity contribution in [3.63, 3.8) is 0 Å². The number of benzene rings is 1. The Hall–Kier alpha value is -2.10. The van der Waals surface area contributed by atoms with Gasteiger partial charge in [-0.3, -0.25) is 14.5 Å². The maximum absolute atomic E-state index is 12.9. The van der Waals surface area contributed by atoms with Gasteiger partial charge < -0.3 is 4.74 Å². The Kier molecular flexibility index (Phi) is 4.40. The number of ketones is 1. The predicted molar refractivity (Wildman–Crippen MR) is 85.8 cm³/mol. The van der Waals surface area contributed by atoms with Gasteiger partial charge in [-0.2, -0.15) is 0 Å². The van der Waals surface area contributed by atoms with Crippen LogP contribution in [0.15, 0.2) is 36.1 Å². The number of carbonyl (C=O) groups excluding carboxylic acids is 2. The molecule has 1 aliphatic rings. The van der Waals surface area contributed by atoms with E-state index in [9.17, 15) is 9.59 Å². The van der Waals surface area contributed by atoms with E-state index < -0.39 is 5.54 Å². The maximum atomic E-state index is 12.9. The lowest BCUT2D eigenvalue weighted by Crippen LogP contribution is -2.56. The molecule has 118 valence electrons. The highest BCUT2D eigenvalue weighted by Gasteiger charge is 2.42. The van der Waals surface area contributed by atoms with Crippen molar-refractivity contribution in [1.29, 1.82) is 0 Å². The third-order valence-electron chi connectivity index (χ3n) is 4.09. The number of hydrogen-bond donors (Lipinski definition) is 0. The summed E-state index contributed by atoms with van der Waals surface area (Å²) >= 11 is 0. The van der Waals surface area contributed by atoms with Crippen molar-refractivity contribution >= 4 is 17.3 Å². The third-order valence-corrected chi connectivity index (χ3v) is 4.09. The van der Waals surface area contributed by atoms with Crippen LogP contribution in [0.1, 0.15) is 40.2 Å². The number of amides is 1. The van der Waals surface area contributed by atoms with Crippen LogP contribution in [-0.2, 0) is 14.3 Å². The van der Waals surface area contributed by atoms with E-state index in [1.165, 1.54) is 4.90 Å². The molecule has 1 aromatic carbocycles. The minimum Gasteiger partial charge on any atom is -0.477 e. The summed E-state index contributed by atoms with van der Waals surface area (Å²) in [4.78, 5) is 26.9. The lowest BCUT2D eigenvalue weighted by Gasteiger charge is -2.41. The van der Waals surface area contributed by atoms with Crippen molar-refractivity contribution < 1.29 is 14.3 Å². The normalized spacial score (nSPS) is 16.1. The van der Waals surface area contributed by atoms with Crippen LogP contribution in [0, 0.1) is 5.92 Å². The second kappa shape index (κ2) is 5.95. The van der Waals surface area contributed by atoms with Crippen molar-refractivity contribution in [2.24, 2.45) is 5.92 Å². The maximum Gasteiger partial charge on any atom is 0.261 e. The summed E-state index contributed by atoms with van der Waals surface area (Å²) in [7, 11) is 0. The predicted octanol–water partition coefficient (Wildman–Crippen LogP) is 3.24. The quantitative estimate of drug-likeness (QED) is 0.857. The molecule has 4 nitrogen and oxygen atoms in total. The van der Waals surface area contributed by atoms with Crippen molar-refractivity contribution in [3.8, 4) is 0 Å². The second-order valence-electron chi connectivity index (χ2n) is 6.38. The zero-order valence-corrected chi connectivity index (χ0v) is 13.8.